The number of aromatic carboxylic acids is 1. The second-order valence-electron chi connectivity index (χ2n) is 9.94. The number of carbonyl (C=O) groups excluding carboxylic acids is 1. The van der Waals surface area contributed by atoms with E-state index in [1.165, 1.54) is 16.7 Å². The van der Waals surface area contributed by atoms with Crippen LogP contribution in [-0.2, 0) is 16.0 Å². The summed E-state index contributed by atoms with van der Waals surface area (Å²) in [5, 5.41) is 37.9. The Labute approximate surface area is 233 Å². The van der Waals surface area contributed by atoms with Gasteiger partial charge in [0.15, 0.2) is 11.5 Å². The number of ether oxygens (including phenoxy) is 1. The SMILES string of the molecule is C/C=C(\C)C(=O)OC/C=C(\C)CCC=C(C)C.CC(C)=CCC/C(C)=C/Cc1c(C(=O)O)cc(O)c(O)c1O. The Bertz CT molecular complexity index is 1120. The van der Waals surface area contributed by atoms with Gasteiger partial charge in [0, 0.05) is 11.1 Å². The number of carboxylic acids is 1. The van der Waals surface area contributed by atoms with Crippen LogP contribution in [-0.4, -0.2) is 39.0 Å². The molecular formula is C32H46O7. The molecule has 39 heavy (non-hydrogen) atoms. The molecule has 1 aromatic rings. The Kier molecular flexibility index (Phi) is 16.7. The number of aromatic hydroxyl groups is 3. The topological polar surface area (TPSA) is 124 Å². The van der Waals surface area contributed by atoms with Crippen LogP contribution in [0.25, 0.3) is 0 Å². The minimum absolute atomic E-state index is 0.0874. The van der Waals surface area contributed by atoms with Crippen molar-refractivity contribution in [1.82, 2.24) is 0 Å². The lowest BCUT2D eigenvalue weighted by molar-refractivity contribution is -0.137. The maximum Gasteiger partial charge on any atom is 0.336 e. The van der Waals surface area contributed by atoms with E-state index >= 15 is 0 Å². The predicted molar refractivity (Wildman–Crippen MR) is 157 cm³/mol. The monoisotopic (exact) mass is 542 g/mol. The Morgan fingerprint density at radius 2 is 1.31 bits per heavy atom. The van der Waals surface area contributed by atoms with Crippen molar-refractivity contribution in [2.45, 2.75) is 87.5 Å². The number of hydrogen-bond acceptors (Lipinski definition) is 6. The molecule has 0 atom stereocenters. The second-order valence-corrected chi connectivity index (χ2v) is 9.94. The number of carboxylic acid groups (broad SMARTS) is 1. The number of benzene rings is 1. The standard InChI is InChI=1S/C17H22O5.C15H24O2/c1-10(2)5-4-6-11(3)7-8-12-13(17(21)22)9-14(18)16(20)15(12)19;1-6-14(5)15(16)17-11-10-13(4)9-7-8-12(2)3/h5,7,9,18-20H,4,6,8H2,1-3H3,(H,21,22);6,8,10H,7,9,11H2,1-5H3/b11-7+;13-10+,14-6+. The van der Waals surface area contributed by atoms with Gasteiger partial charge in [-0.3, -0.25) is 0 Å². The van der Waals surface area contributed by atoms with Gasteiger partial charge in [0.1, 0.15) is 6.61 Å². The van der Waals surface area contributed by atoms with Gasteiger partial charge in [0.2, 0.25) is 5.75 Å². The molecule has 1 rings (SSSR count). The molecule has 0 aromatic heterocycles. The predicted octanol–water partition coefficient (Wildman–Crippen LogP) is 7.93. The number of rotatable bonds is 12. The first kappa shape index (κ1) is 35.3. The van der Waals surface area contributed by atoms with Crippen molar-refractivity contribution in [2.24, 2.45) is 0 Å². The molecule has 0 aliphatic heterocycles. The molecular weight excluding hydrogens is 496 g/mol. The molecule has 0 aliphatic carbocycles. The fraction of sp³-hybridized carbons (Fsp3) is 0.438. The zero-order valence-electron chi connectivity index (χ0n) is 24.7. The summed E-state index contributed by atoms with van der Waals surface area (Å²) in [6.07, 6.45) is 13.8. The van der Waals surface area contributed by atoms with Crippen LogP contribution in [0.15, 0.2) is 64.3 Å². The van der Waals surface area contributed by atoms with Crippen LogP contribution in [0, 0.1) is 0 Å². The molecule has 0 bridgehead atoms. The number of hydrogen-bond donors (Lipinski definition) is 4. The fourth-order valence-corrected chi connectivity index (χ4v) is 3.23. The zero-order chi connectivity index (χ0) is 30.1. The molecule has 0 unspecified atom stereocenters. The molecule has 216 valence electrons. The Balaban J connectivity index is 0.000000768. The van der Waals surface area contributed by atoms with Crippen molar-refractivity contribution in [3.63, 3.8) is 0 Å². The normalized spacial score (nSPS) is 11.7. The molecule has 0 saturated carbocycles. The highest BCUT2D eigenvalue weighted by Crippen LogP contribution is 2.40. The number of carbonyl (C=O) groups is 2. The van der Waals surface area contributed by atoms with Crippen LogP contribution in [0.2, 0.25) is 0 Å². The van der Waals surface area contributed by atoms with Crippen molar-refractivity contribution in [2.75, 3.05) is 6.61 Å². The van der Waals surface area contributed by atoms with Gasteiger partial charge in [-0.1, -0.05) is 46.6 Å². The summed E-state index contributed by atoms with van der Waals surface area (Å²) in [5.41, 5.74) is 5.41. The lowest BCUT2D eigenvalue weighted by atomic mass is 9.99. The number of esters is 1. The van der Waals surface area contributed by atoms with Crippen LogP contribution in [0.3, 0.4) is 0 Å². The van der Waals surface area contributed by atoms with Crippen molar-refractivity contribution in [1.29, 1.82) is 0 Å². The van der Waals surface area contributed by atoms with E-state index in [9.17, 15) is 24.9 Å². The highest BCUT2D eigenvalue weighted by molar-refractivity contribution is 5.92. The van der Waals surface area contributed by atoms with E-state index in [1.807, 2.05) is 39.8 Å². The first-order valence-electron chi connectivity index (χ1n) is 13.1. The van der Waals surface area contributed by atoms with Gasteiger partial charge < -0.3 is 25.2 Å². The van der Waals surface area contributed by atoms with E-state index in [0.29, 0.717) is 12.2 Å². The summed E-state index contributed by atoms with van der Waals surface area (Å²) in [4.78, 5) is 22.5. The molecule has 7 heteroatoms. The highest BCUT2D eigenvalue weighted by Gasteiger charge is 2.20. The molecule has 0 heterocycles. The minimum Gasteiger partial charge on any atom is -0.504 e. The molecule has 0 spiro atoms. The van der Waals surface area contributed by atoms with Crippen LogP contribution >= 0.6 is 0 Å². The Morgan fingerprint density at radius 1 is 0.795 bits per heavy atom. The fourth-order valence-electron chi connectivity index (χ4n) is 3.23. The Morgan fingerprint density at radius 3 is 1.77 bits per heavy atom. The average molecular weight is 543 g/mol. The zero-order valence-corrected chi connectivity index (χ0v) is 24.7. The van der Waals surface area contributed by atoms with E-state index in [1.54, 1.807) is 13.0 Å². The maximum absolute atomic E-state index is 11.3. The first-order chi connectivity index (χ1) is 18.2. The molecule has 0 aliphatic rings. The van der Waals surface area contributed by atoms with Gasteiger partial charge in [0.05, 0.1) is 5.56 Å². The van der Waals surface area contributed by atoms with E-state index < -0.39 is 23.2 Å². The molecule has 0 fully saturated rings. The van der Waals surface area contributed by atoms with Gasteiger partial charge >= 0.3 is 11.9 Å². The van der Waals surface area contributed by atoms with E-state index in [4.69, 9.17) is 9.84 Å². The van der Waals surface area contributed by atoms with Crippen LogP contribution in [0.4, 0.5) is 0 Å². The van der Waals surface area contributed by atoms with Crippen molar-refractivity contribution < 1.29 is 34.8 Å². The molecule has 7 nitrogen and oxygen atoms in total. The minimum atomic E-state index is -1.27. The average Bonchev–Trinajstić information content (AvgIpc) is 2.85. The van der Waals surface area contributed by atoms with Crippen molar-refractivity contribution in [3.05, 3.63) is 75.4 Å². The second kappa shape index (κ2) is 18.5. The van der Waals surface area contributed by atoms with Crippen LogP contribution in [0.1, 0.15) is 97.0 Å². The lowest BCUT2D eigenvalue weighted by Gasteiger charge is -2.10. The third-order valence-electron chi connectivity index (χ3n) is 5.83. The number of allylic oxidation sites excluding steroid dienone is 8. The summed E-state index contributed by atoms with van der Waals surface area (Å²) in [6.45, 7) is 16.2. The summed E-state index contributed by atoms with van der Waals surface area (Å²) >= 11 is 0. The maximum atomic E-state index is 11.3. The smallest absolute Gasteiger partial charge is 0.336 e. The van der Waals surface area contributed by atoms with Crippen molar-refractivity contribution in [3.8, 4) is 17.2 Å². The quantitative estimate of drug-likeness (QED) is 0.0915. The largest absolute Gasteiger partial charge is 0.504 e. The van der Waals surface area contributed by atoms with E-state index in [0.717, 1.165) is 37.3 Å². The van der Waals surface area contributed by atoms with Crippen molar-refractivity contribution >= 4 is 11.9 Å². The third kappa shape index (κ3) is 14.7. The van der Waals surface area contributed by atoms with E-state index in [2.05, 4.69) is 32.9 Å². The van der Waals surface area contributed by atoms with Gasteiger partial charge in [-0.05, 0) is 99.6 Å². The molecule has 0 radical (unpaired) electrons. The van der Waals surface area contributed by atoms with Gasteiger partial charge in [-0.15, -0.1) is 0 Å². The third-order valence-corrected chi connectivity index (χ3v) is 5.83. The molecule has 4 N–H and O–H groups in total. The summed E-state index contributed by atoms with van der Waals surface area (Å²) < 4.78 is 5.09. The number of phenolic OH excluding ortho intramolecular Hbond substituents is 3. The summed E-state index contributed by atoms with van der Waals surface area (Å²) in [5.74, 6) is -3.44. The van der Waals surface area contributed by atoms with Crippen LogP contribution in [0.5, 0.6) is 17.2 Å². The molecule has 0 saturated heterocycles. The van der Waals surface area contributed by atoms with Gasteiger partial charge in [-0.2, -0.15) is 0 Å². The Hall–Kier alpha value is -3.74. The van der Waals surface area contributed by atoms with Gasteiger partial charge in [-0.25, -0.2) is 9.59 Å². The van der Waals surface area contributed by atoms with Crippen LogP contribution < -0.4 is 0 Å². The number of phenols is 3. The highest BCUT2D eigenvalue weighted by atomic mass is 16.5. The molecule has 0 amide bonds. The molecule has 1 aromatic carbocycles. The summed E-state index contributed by atoms with van der Waals surface area (Å²) in [6, 6.07) is 0.944. The first-order valence-corrected chi connectivity index (χ1v) is 13.1. The summed E-state index contributed by atoms with van der Waals surface area (Å²) in [7, 11) is 0. The van der Waals surface area contributed by atoms with E-state index in [-0.39, 0.29) is 23.5 Å². The van der Waals surface area contributed by atoms with Gasteiger partial charge in [0.25, 0.3) is 0 Å². The lowest BCUT2D eigenvalue weighted by Crippen LogP contribution is -2.05.